The van der Waals surface area contributed by atoms with Gasteiger partial charge in [0.2, 0.25) is 0 Å². The van der Waals surface area contributed by atoms with Gasteiger partial charge in [0.25, 0.3) is 0 Å². The molecule has 0 radical (unpaired) electrons. The van der Waals surface area contributed by atoms with E-state index in [-0.39, 0.29) is 18.2 Å². The average Bonchev–Trinajstić information content (AvgIpc) is 2.80. The Bertz CT molecular complexity index is 903. The van der Waals surface area contributed by atoms with Crippen molar-refractivity contribution in [3.05, 3.63) is 53.6 Å². The predicted molar refractivity (Wildman–Crippen MR) is 117 cm³/mol. The number of hydrogen-bond donors (Lipinski definition) is 1. The van der Waals surface area contributed by atoms with Crippen LogP contribution >= 0.6 is 0 Å². The minimum absolute atomic E-state index is 0.0144. The van der Waals surface area contributed by atoms with Crippen LogP contribution in [0.15, 0.2) is 42.5 Å². The van der Waals surface area contributed by atoms with E-state index in [4.69, 9.17) is 9.47 Å². The van der Waals surface area contributed by atoms with E-state index in [1.165, 1.54) is 11.1 Å². The maximum absolute atomic E-state index is 12.7. The molecule has 1 aliphatic carbocycles. The SMILES string of the molecule is COc1ccc(-c2ccc3c(c2)C(NC(=O)O[C@@H]2CN4CCC2CC4)CCC3)cc1. The van der Waals surface area contributed by atoms with Crippen LogP contribution < -0.4 is 10.1 Å². The first-order valence-corrected chi connectivity index (χ1v) is 11.2. The van der Waals surface area contributed by atoms with E-state index in [0.717, 1.165) is 68.6 Å². The van der Waals surface area contributed by atoms with E-state index in [9.17, 15) is 4.79 Å². The molecule has 3 aliphatic heterocycles. The fourth-order valence-corrected chi connectivity index (χ4v) is 5.27. The van der Waals surface area contributed by atoms with E-state index < -0.39 is 0 Å². The first kappa shape index (κ1) is 19.4. The molecule has 5 heteroatoms. The quantitative estimate of drug-likeness (QED) is 0.809. The molecule has 0 spiro atoms. The Hall–Kier alpha value is -2.53. The van der Waals surface area contributed by atoms with Gasteiger partial charge >= 0.3 is 6.09 Å². The molecule has 30 heavy (non-hydrogen) atoms. The van der Waals surface area contributed by atoms with Crippen molar-refractivity contribution in [2.24, 2.45) is 5.92 Å². The van der Waals surface area contributed by atoms with Crippen LogP contribution in [0.5, 0.6) is 5.75 Å². The lowest BCUT2D eigenvalue weighted by molar-refractivity contribution is -0.0340. The zero-order valence-electron chi connectivity index (χ0n) is 17.6. The highest BCUT2D eigenvalue weighted by molar-refractivity contribution is 5.70. The molecular weight excluding hydrogens is 376 g/mol. The minimum atomic E-state index is -0.263. The summed E-state index contributed by atoms with van der Waals surface area (Å²) in [5.41, 5.74) is 4.86. The number of ether oxygens (including phenoxy) is 2. The Kier molecular flexibility index (Phi) is 5.38. The molecule has 6 rings (SSSR count). The van der Waals surface area contributed by atoms with Crippen molar-refractivity contribution in [2.45, 2.75) is 44.2 Å². The third-order valence-corrected chi connectivity index (χ3v) is 7.03. The summed E-state index contributed by atoms with van der Waals surface area (Å²) in [7, 11) is 1.68. The summed E-state index contributed by atoms with van der Waals surface area (Å²) in [4.78, 5) is 15.1. The fourth-order valence-electron chi connectivity index (χ4n) is 5.27. The van der Waals surface area contributed by atoms with Crippen molar-refractivity contribution >= 4 is 6.09 Å². The fraction of sp³-hybridized carbons (Fsp3) is 0.480. The maximum Gasteiger partial charge on any atom is 0.407 e. The number of carbonyl (C=O) groups excluding carboxylic acids is 1. The molecule has 3 heterocycles. The number of piperidine rings is 3. The van der Waals surface area contributed by atoms with E-state index in [2.05, 4.69) is 40.5 Å². The molecular formula is C25H30N2O3. The average molecular weight is 407 g/mol. The highest BCUT2D eigenvalue weighted by Gasteiger charge is 2.37. The first-order valence-electron chi connectivity index (χ1n) is 11.2. The van der Waals surface area contributed by atoms with Crippen molar-refractivity contribution < 1.29 is 14.3 Å². The monoisotopic (exact) mass is 406 g/mol. The Labute approximate surface area is 178 Å². The van der Waals surface area contributed by atoms with Crippen molar-refractivity contribution in [1.82, 2.24) is 10.2 Å². The number of carbonyl (C=O) groups is 1. The van der Waals surface area contributed by atoms with Crippen molar-refractivity contribution in [1.29, 1.82) is 0 Å². The van der Waals surface area contributed by atoms with Gasteiger partial charge in [-0.1, -0.05) is 24.3 Å². The summed E-state index contributed by atoms with van der Waals surface area (Å²) in [6.45, 7) is 3.19. The van der Waals surface area contributed by atoms with Crippen LogP contribution in [0.4, 0.5) is 4.79 Å². The maximum atomic E-state index is 12.7. The number of aryl methyl sites for hydroxylation is 1. The number of nitrogens with zero attached hydrogens (tertiary/aromatic N) is 1. The number of benzene rings is 2. The number of nitrogens with one attached hydrogen (secondary N) is 1. The molecule has 5 nitrogen and oxygen atoms in total. The second kappa shape index (κ2) is 8.31. The van der Waals surface area contributed by atoms with Gasteiger partial charge in [-0.3, -0.25) is 4.90 Å². The van der Waals surface area contributed by atoms with Gasteiger partial charge in [-0.05, 0) is 91.6 Å². The normalized spacial score (nSPS) is 27.2. The van der Waals surface area contributed by atoms with Gasteiger partial charge in [-0.15, -0.1) is 0 Å². The van der Waals surface area contributed by atoms with Crippen LogP contribution in [0.25, 0.3) is 11.1 Å². The van der Waals surface area contributed by atoms with Crippen LogP contribution in [-0.4, -0.2) is 43.8 Å². The van der Waals surface area contributed by atoms with E-state index in [1.54, 1.807) is 7.11 Å². The smallest absolute Gasteiger partial charge is 0.407 e. The van der Waals surface area contributed by atoms with Crippen LogP contribution in [-0.2, 0) is 11.2 Å². The molecule has 1 unspecified atom stereocenters. The van der Waals surface area contributed by atoms with Crippen LogP contribution in [0.2, 0.25) is 0 Å². The van der Waals surface area contributed by atoms with Gasteiger partial charge in [-0.2, -0.15) is 0 Å². The second-order valence-electron chi connectivity index (χ2n) is 8.81. The molecule has 2 atom stereocenters. The zero-order valence-corrected chi connectivity index (χ0v) is 17.6. The Morgan fingerprint density at radius 3 is 2.50 bits per heavy atom. The molecule has 4 aliphatic rings. The van der Waals surface area contributed by atoms with E-state index in [1.807, 2.05) is 12.1 Å². The highest BCUT2D eigenvalue weighted by atomic mass is 16.6. The number of fused-ring (bicyclic) bond motifs is 4. The van der Waals surface area contributed by atoms with E-state index in [0.29, 0.717) is 5.92 Å². The van der Waals surface area contributed by atoms with Gasteiger partial charge in [-0.25, -0.2) is 4.79 Å². The minimum Gasteiger partial charge on any atom is -0.497 e. The number of rotatable bonds is 4. The largest absolute Gasteiger partial charge is 0.497 e. The first-order chi connectivity index (χ1) is 14.7. The summed E-state index contributed by atoms with van der Waals surface area (Å²) in [5, 5.41) is 3.18. The highest BCUT2D eigenvalue weighted by Crippen LogP contribution is 2.34. The molecule has 2 aromatic carbocycles. The summed E-state index contributed by atoms with van der Waals surface area (Å²) in [6, 6.07) is 14.7. The molecule has 3 fully saturated rings. The van der Waals surface area contributed by atoms with Gasteiger partial charge in [0.05, 0.1) is 13.2 Å². The summed E-state index contributed by atoms with van der Waals surface area (Å²) in [6.07, 6.45) is 5.17. The zero-order chi connectivity index (χ0) is 20.5. The molecule has 3 saturated heterocycles. The van der Waals surface area contributed by atoms with Crippen LogP contribution in [0.3, 0.4) is 0 Å². The Morgan fingerprint density at radius 2 is 1.80 bits per heavy atom. The number of hydrogen-bond acceptors (Lipinski definition) is 4. The number of alkyl carbamates (subject to hydrolysis) is 1. The van der Waals surface area contributed by atoms with Gasteiger partial charge in [0, 0.05) is 6.54 Å². The summed E-state index contributed by atoms with van der Waals surface area (Å²) < 4.78 is 11.2. The lowest BCUT2D eigenvalue weighted by Gasteiger charge is -2.44. The van der Waals surface area contributed by atoms with Gasteiger partial charge in [0.15, 0.2) is 0 Å². The lowest BCUT2D eigenvalue weighted by Crippen LogP contribution is -2.52. The molecule has 1 amide bonds. The van der Waals surface area contributed by atoms with Gasteiger partial charge in [0.1, 0.15) is 11.9 Å². The summed E-state index contributed by atoms with van der Waals surface area (Å²) in [5.74, 6) is 1.38. The molecule has 2 bridgehead atoms. The standard InChI is InChI=1S/C25H30N2O3/c1-29-21-9-7-17(8-10-21)20-6-5-18-3-2-4-23(22(18)15-20)26-25(28)30-24-16-27-13-11-19(24)12-14-27/h5-10,15,19,23-24H,2-4,11-14,16H2,1H3,(H,26,28)/t23?,24-/m1/s1. The number of amides is 1. The van der Waals surface area contributed by atoms with Gasteiger partial charge < -0.3 is 14.8 Å². The van der Waals surface area contributed by atoms with Crippen LogP contribution in [0, 0.1) is 5.92 Å². The molecule has 0 saturated carbocycles. The number of methoxy groups -OCH3 is 1. The molecule has 2 aromatic rings. The van der Waals surface area contributed by atoms with Crippen molar-refractivity contribution in [3.8, 4) is 16.9 Å². The van der Waals surface area contributed by atoms with Crippen molar-refractivity contribution in [3.63, 3.8) is 0 Å². The molecule has 158 valence electrons. The molecule has 0 aromatic heterocycles. The predicted octanol–water partition coefficient (Wildman–Crippen LogP) is 4.56. The second-order valence-corrected chi connectivity index (χ2v) is 8.81. The third-order valence-electron chi connectivity index (χ3n) is 7.03. The Morgan fingerprint density at radius 1 is 1.03 bits per heavy atom. The topological polar surface area (TPSA) is 50.8 Å². The summed E-state index contributed by atoms with van der Waals surface area (Å²) >= 11 is 0. The molecule has 1 N–H and O–H groups in total. The third kappa shape index (κ3) is 3.91. The Balaban J connectivity index is 1.30. The van der Waals surface area contributed by atoms with E-state index >= 15 is 0 Å². The van der Waals surface area contributed by atoms with Crippen LogP contribution in [0.1, 0.15) is 42.9 Å². The van der Waals surface area contributed by atoms with Crippen molar-refractivity contribution in [2.75, 3.05) is 26.7 Å². The lowest BCUT2D eigenvalue weighted by atomic mass is 9.85.